The number of anilines is 1. The second-order valence-corrected chi connectivity index (χ2v) is 5.33. The van der Waals surface area contributed by atoms with Gasteiger partial charge in [0.2, 0.25) is 0 Å². The number of nitrogens with zero attached hydrogens (tertiary/aromatic N) is 1. The molecule has 1 unspecified atom stereocenters. The van der Waals surface area contributed by atoms with Crippen molar-refractivity contribution in [1.82, 2.24) is 4.98 Å². The summed E-state index contributed by atoms with van der Waals surface area (Å²) < 4.78 is 6.79. The van der Waals surface area contributed by atoms with Gasteiger partial charge < -0.3 is 9.73 Å². The first-order valence-corrected chi connectivity index (χ1v) is 6.88. The van der Waals surface area contributed by atoms with E-state index in [1.54, 1.807) is 6.20 Å². The summed E-state index contributed by atoms with van der Waals surface area (Å²) in [4.78, 5) is 4.30. The van der Waals surface area contributed by atoms with Crippen LogP contribution in [0.5, 0.6) is 0 Å². The van der Waals surface area contributed by atoms with E-state index in [1.165, 1.54) is 0 Å². The van der Waals surface area contributed by atoms with Crippen molar-refractivity contribution in [3.8, 4) is 0 Å². The number of aromatic nitrogens is 1. The van der Waals surface area contributed by atoms with E-state index < -0.39 is 0 Å². The van der Waals surface area contributed by atoms with E-state index in [0.717, 1.165) is 27.0 Å². The zero-order valence-corrected chi connectivity index (χ0v) is 12.0. The Morgan fingerprint density at radius 1 is 1.21 bits per heavy atom. The quantitative estimate of drug-likeness (QED) is 0.756. The lowest BCUT2D eigenvalue weighted by atomic mass is 10.2. The van der Waals surface area contributed by atoms with Gasteiger partial charge in [-0.25, -0.2) is 4.98 Å². The summed E-state index contributed by atoms with van der Waals surface area (Å²) in [6.45, 7) is 2.06. The summed E-state index contributed by atoms with van der Waals surface area (Å²) in [5.41, 5.74) is 0.912. The molecular weight excluding hydrogens is 304 g/mol. The summed E-state index contributed by atoms with van der Waals surface area (Å²) in [6, 6.07) is 14.0. The SMILES string of the molecule is CC(Nc1ccc(Br)cn1)c1cc2ccccc2o1. The molecule has 0 aliphatic carbocycles. The van der Waals surface area contributed by atoms with Crippen LogP contribution >= 0.6 is 15.9 Å². The average Bonchev–Trinajstić information content (AvgIpc) is 2.85. The van der Waals surface area contributed by atoms with Crippen LogP contribution in [-0.2, 0) is 0 Å². The highest BCUT2D eigenvalue weighted by Crippen LogP contribution is 2.25. The molecule has 1 N–H and O–H groups in total. The van der Waals surface area contributed by atoms with Crippen LogP contribution in [0.1, 0.15) is 18.7 Å². The van der Waals surface area contributed by atoms with Gasteiger partial charge >= 0.3 is 0 Å². The highest BCUT2D eigenvalue weighted by molar-refractivity contribution is 9.10. The molecule has 0 fully saturated rings. The second-order valence-electron chi connectivity index (χ2n) is 4.41. The van der Waals surface area contributed by atoms with Gasteiger partial charge in [0, 0.05) is 16.1 Å². The lowest BCUT2D eigenvalue weighted by molar-refractivity contribution is 0.525. The Morgan fingerprint density at radius 2 is 2.05 bits per heavy atom. The minimum Gasteiger partial charge on any atom is -0.459 e. The maximum absolute atomic E-state index is 5.83. The van der Waals surface area contributed by atoms with Gasteiger partial charge in [0.1, 0.15) is 17.2 Å². The molecule has 0 amide bonds. The maximum Gasteiger partial charge on any atom is 0.134 e. The molecule has 0 bridgehead atoms. The Labute approximate surface area is 119 Å². The third kappa shape index (κ3) is 2.63. The zero-order chi connectivity index (χ0) is 13.2. The molecule has 4 heteroatoms. The van der Waals surface area contributed by atoms with Crippen LogP contribution in [0.15, 0.2) is 57.6 Å². The van der Waals surface area contributed by atoms with Gasteiger partial charge in [-0.3, -0.25) is 0 Å². The minimum absolute atomic E-state index is 0.0704. The van der Waals surface area contributed by atoms with Gasteiger partial charge in [-0.15, -0.1) is 0 Å². The number of hydrogen-bond donors (Lipinski definition) is 1. The van der Waals surface area contributed by atoms with Gasteiger partial charge in [0.25, 0.3) is 0 Å². The molecule has 0 saturated heterocycles. The second kappa shape index (κ2) is 5.05. The Balaban J connectivity index is 1.83. The highest BCUT2D eigenvalue weighted by atomic mass is 79.9. The molecule has 0 radical (unpaired) electrons. The predicted octanol–water partition coefficient (Wildman–Crippen LogP) is 4.76. The number of para-hydroxylation sites is 1. The van der Waals surface area contributed by atoms with Crippen LogP contribution in [-0.4, -0.2) is 4.98 Å². The molecule has 96 valence electrons. The van der Waals surface area contributed by atoms with E-state index in [0.29, 0.717) is 0 Å². The van der Waals surface area contributed by atoms with Crippen molar-refractivity contribution in [2.45, 2.75) is 13.0 Å². The lowest BCUT2D eigenvalue weighted by Gasteiger charge is -2.11. The molecule has 0 aliphatic heterocycles. The lowest BCUT2D eigenvalue weighted by Crippen LogP contribution is -2.06. The molecule has 0 spiro atoms. The van der Waals surface area contributed by atoms with E-state index in [2.05, 4.69) is 39.2 Å². The van der Waals surface area contributed by atoms with Crippen molar-refractivity contribution >= 4 is 32.7 Å². The van der Waals surface area contributed by atoms with Gasteiger partial charge in [-0.05, 0) is 47.1 Å². The first-order valence-electron chi connectivity index (χ1n) is 6.09. The Morgan fingerprint density at radius 3 is 2.79 bits per heavy atom. The fourth-order valence-electron chi connectivity index (χ4n) is 1.97. The molecule has 2 aromatic heterocycles. The molecule has 1 aromatic carbocycles. The Bertz CT molecular complexity index is 658. The number of benzene rings is 1. The number of pyridine rings is 1. The van der Waals surface area contributed by atoms with E-state index in [9.17, 15) is 0 Å². The first kappa shape index (κ1) is 12.2. The predicted molar refractivity (Wildman–Crippen MR) is 80.2 cm³/mol. The van der Waals surface area contributed by atoms with Crippen LogP contribution in [0.2, 0.25) is 0 Å². The van der Waals surface area contributed by atoms with Gasteiger partial charge in [-0.1, -0.05) is 18.2 Å². The monoisotopic (exact) mass is 316 g/mol. The summed E-state index contributed by atoms with van der Waals surface area (Å²) in [7, 11) is 0. The van der Waals surface area contributed by atoms with Gasteiger partial charge in [0.05, 0.1) is 6.04 Å². The van der Waals surface area contributed by atoms with Crippen LogP contribution in [0, 0.1) is 0 Å². The molecule has 2 heterocycles. The minimum atomic E-state index is 0.0704. The number of fused-ring (bicyclic) bond motifs is 1. The van der Waals surface area contributed by atoms with Gasteiger partial charge in [0.15, 0.2) is 0 Å². The summed E-state index contributed by atoms with van der Waals surface area (Å²) in [6.07, 6.45) is 1.77. The summed E-state index contributed by atoms with van der Waals surface area (Å²) >= 11 is 3.37. The fourth-order valence-corrected chi connectivity index (χ4v) is 2.20. The van der Waals surface area contributed by atoms with E-state index >= 15 is 0 Å². The number of furan rings is 1. The largest absolute Gasteiger partial charge is 0.459 e. The molecule has 1 atom stereocenters. The number of halogens is 1. The van der Waals surface area contributed by atoms with Crippen molar-refractivity contribution in [2.24, 2.45) is 0 Å². The maximum atomic E-state index is 5.83. The summed E-state index contributed by atoms with van der Waals surface area (Å²) in [5.74, 6) is 1.74. The number of nitrogens with one attached hydrogen (secondary N) is 1. The Hall–Kier alpha value is -1.81. The van der Waals surface area contributed by atoms with E-state index in [1.807, 2.05) is 36.4 Å². The van der Waals surface area contributed by atoms with Crippen molar-refractivity contribution in [3.05, 3.63) is 58.9 Å². The van der Waals surface area contributed by atoms with Crippen LogP contribution in [0.3, 0.4) is 0 Å². The topological polar surface area (TPSA) is 38.1 Å². The van der Waals surface area contributed by atoms with Gasteiger partial charge in [-0.2, -0.15) is 0 Å². The van der Waals surface area contributed by atoms with Crippen molar-refractivity contribution in [1.29, 1.82) is 0 Å². The average molecular weight is 317 g/mol. The van der Waals surface area contributed by atoms with Crippen molar-refractivity contribution in [2.75, 3.05) is 5.32 Å². The molecule has 0 saturated carbocycles. The number of rotatable bonds is 3. The first-order chi connectivity index (χ1) is 9.22. The molecule has 0 aliphatic rings. The van der Waals surface area contributed by atoms with Crippen molar-refractivity contribution in [3.63, 3.8) is 0 Å². The van der Waals surface area contributed by atoms with Crippen molar-refractivity contribution < 1.29 is 4.42 Å². The normalized spacial score (nSPS) is 12.5. The number of hydrogen-bond acceptors (Lipinski definition) is 3. The fraction of sp³-hybridized carbons (Fsp3) is 0.133. The van der Waals surface area contributed by atoms with Crippen LogP contribution in [0.4, 0.5) is 5.82 Å². The molecule has 19 heavy (non-hydrogen) atoms. The molecule has 3 nitrogen and oxygen atoms in total. The zero-order valence-electron chi connectivity index (χ0n) is 10.4. The standard InChI is InChI=1S/C15H13BrN2O/c1-10(18-15-7-6-12(16)9-17-15)14-8-11-4-2-3-5-13(11)19-14/h2-10H,1H3,(H,17,18). The van der Waals surface area contributed by atoms with Crippen LogP contribution in [0.25, 0.3) is 11.0 Å². The molecule has 3 aromatic rings. The summed E-state index contributed by atoms with van der Waals surface area (Å²) in [5, 5.41) is 4.44. The Kier molecular flexibility index (Phi) is 3.25. The van der Waals surface area contributed by atoms with E-state index in [-0.39, 0.29) is 6.04 Å². The smallest absolute Gasteiger partial charge is 0.134 e. The third-order valence-electron chi connectivity index (χ3n) is 2.96. The highest BCUT2D eigenvalue weighted by Gasteiger charge is 2.11. The van der Waals surface area contributed by atoms with E-state index in [4.69, 9.17) is 4.42 Å². The third-order valence-corrected chi connectivity index (χ3v) is 3.43. The molecule has 3 rings (SSSR count). The molecular formula is C15H13BrN2O. The van der Waals surface area contributed by atoms with Crippen LogP contribution < -0.4 is 5.32 Å².